The number of hydrogen-bond acceptors (Lipinski definition) is 2. The molecular weight excluding hydrogens is 188 g/mol. The molecule has 0 saturated heterocycles. The summed E-state index contributed by atoms with van der Waals surface area (Å²) in [6, 6.07) is 5.58. The lowest BCUT2D eigenvalue weighted by molar-refractivity contribution is 0.445. The van der Waals surface area contributed by atoms with E-state index in [1.54, 1.807) is 0 Å². The maximum Gasteiger partial charge on any atom is 0.129 e. The lowest BCUT2D eigenvalue weighted by Crippen LogP contribution is -2.16. The second-order valence-corrected chi connectivity index (χ2v) is 4.21. The van der Waals surface area contributed by atoms with Crippen LogP contribution < -0.4 is 5.73 Å². The number of aromatic hydroxyl groups is 1. The minimum Gasteiger partial charge on any atom is -0.507 e. The van der Waals surface area contributed by atoms with Gasteiger partial charge in [-0.05, 0) is 18.1 Å². The zero-order valence-corrected chi connectivity index (χ0v) is 8.99. The fourth-order valence-corrected chi connectivity index (χ4v) is 1.76. The van der Waals surface area contributed by atoms with E-state index in [-0.39, 0.29) is 6.04 Å². The third-order valence-corrected chi connectivity index (χ3v) is 2.81. The normalized spacial score (nSPS) is 13.6. The van der Waals surface area contributed by atoms with Crippen molar-refractivity contribution < 1.29 is 5.11 Å². The second kappa shape index (κ2) is 3.59. The molecule has 80 valence electrons. The maximum atomic E-state index is 10.1. The molecule has 2 rings (SSSR count). The van der Waals surface area contributed by atoms with Crippen molar-refractivity contribution in [2.45, 2.75) is 19.9 Å². The smallest absolute Gasteiger partial charge is 0.129 e. The summed E-state index contributed by atoms with van der Waals surface area (Å²) < 4.78 is 0. The third-order valence-electron chi connectivity index (χ3n) is 2.81. The van der Waals surface area contributed by atoms with E-state index < -0.39 is 0 Å². The second-order valence-electron chi connectivity index (χ2n) is 4.21. The Hall–Kier alpha value is -1.48. The van der Waals surface area contributed by atoms with Gasteiger partial charge in [0.25, 0.3) is 0 Å². The van der Waals surface area contributed by atoms with Crippen LogP contribution in [0.2, 0.25) is 0 Å². The molecule has 3 nitrogen and oxygen atoms in total. The first-order chi connectivity index (χ1) is 7.11. The highest BCUT2D eigenvalue weighted by atomic mass is 16.3. The average Bonchev–Trinajstić information content (AvgIpc) is 2.66. The number of nitrogens with two attached hydrogens (primary N) is 1. The van der Waals surface area contributed by atoms with E-state index >= 15 is 0 Å². The Balaban J connectivity index is 2.57. The first-order valence-electron chi connectivity index (χ1n) is 5.16. The van der Waals surface area contributed by atoms with Crippen LogP contribution in [0.5, 0.6) is 5.75 Å². The maximum absolute atomic E-state index is 10.1. The first-order valence-corrected chi connectivity index (χ1v) is 5.16. The number of H-pyrrole nitrogens is 1. The molecule has 0 amide bonds. The van der Waals surface area contributed by atoms with E-state index in [4.69, 9.17) is 5.73 Å². The SMILES string of the molecule is CC(C)[C@@H](N)c1ccc2[nH]ccc2c1O. The predicted molar refractivity (Wildman–Crippen MR) is 61.7 cm³/mol. The van der Waals surface area contributed by atoms with E-state index in [0.717, 1.165) is 16.5 Å². The fourth-order valence-electron chi connectivity index (χ4n) is 1.76. The number of hydrogen-bond donors (Lipinski definition) is 3. The Bertz CT molecular complexity index is 473. The van der Waals surface area contributed by atoms with Crippen LogP contribution >= 0.6 is 0 Å². The van der Waals surface area contributed by atoms with E-state index in [9.17, 15) is 5.11 Å². The van der Waals surface area contributed by atoms with E-state index in [2.05, 4.69) is 4.98 Å². The zero-order chi connectivity index (χ0) is 11.0. The standard InChI is InChI=1S/C12H16N2O/c1-7(2)11(13)9-3-4-10-8(12(9)15)5-6-14-10/h3-7,11,14-15H,13H2,1-2H3/t11-/m1/s1. The molecule has 2 aromatic rings. The number of benzene rings is 1. The van der Waals surface area contributed by atoms with Gasteiger partial charge in [0.2, 0.25) is 0 Å². The summed E-state index contributed by atoms with van der Waals surface area (Å²) in [5, 5.41) is 10.9. The Morgan fingerprint density at radius 1 is 1.27 bits per heavy atom. The predicted octanol–water partition coefficient (Wildman–Crippen LogP) is 2.53. The van der Waals surface area contributed by atoms with Crippen LogP contribution in [-0.4, -0.2) is 10.1 Å². The van der Waals surface area contributed by atoms with Gasteiger partial charge in [0.1, 0.15) is 5.75 Å². The highest BCUT2D eigenvalue weighted by Crippen LogP contribution is 2.33. The number of phenolic OH excluding ortho intramolecular Hbond substituents is 1. The summed E-state index contributed by atoms with van der Waals surface area (Å²) in [5.41, 5.74) is 7.78. The van der Waals surface area contributed by atoms with Crippen molar-refractivity contribution in [3.63, 3.8) is 0 Å². The first kappa shape index (κ1) is 10.1. The molecule has 0 radical (unpaired) electrons. The van der Waals surface area contributed by atoms with Crippen LogP contribution in [0.25, 0.3) is 10.9 Å². The lowest BCUT2D eigenvalue weighted by Gasteiger charge is -2.17. The van der Waals surface area contributed by atoms with Crippen molar-refractivity contribution in [3.05, 3.63) is 30.0 Å². The quantitative estimate of drug-likeness (QED) is 0.704. The summed E-state index contributed by atoms with van der Waals surface area (Å²) >= 11 is 0. The molecule has 3 heteroatoms. The number of nitrogens with one attached hydrogen (secondary N) is 1. The van der Waals surface area contributed by atoms with Crippen LogP contribution in [-0.2, 0) is 0 Å². The highest BCUT2D eigenvalue weighted by molar-refractivity contribution is 5.87. The Kier molecular flexibility index (Phi) is 2.40. The Labute approximate surface area is 88.9 Å². The van der Waals surface area contributed by atoms with Gasteiger partial charge in [-0.15, -0.1) is 0 Å². The number of fused-ring (bicyclic) bond motifs is 1. The molecule has 1 heterocycles. The Morgan fingerprint density at radius 2 is 2.00 bits per heavy atom. The topological polar surface area (TPSA) is 62.0 Å². The van der Waals surface area contributed by atoms with Crippen molar-refractivity contribution >= 4 is 10.9 Å². The van der Waals surface area contributed by atoms with Crippen molar-refractivity contribution in [1.29, 1.82) is 0 Å². The number of phenols is 1. The molecule has 0 aliphatic rings. The fraction of sp³-hybridized carbons (Fsp3) is 0.333. The van der Waals surface area contributed by atoms with Crippen LogP contribution in [0.4, 0.5) is 0 Å². The summed E-state index contributed by atoms with van der Waals surface area (Å²) in [7, 11) is 0. The largest absolute Gasteiger partial charge is 0.507 e. The van der Waals surface area contributed by atoms with Crippen LogP contribution in [0.15, 0.2) is 24.4 Å². The Morgan fingerprint density at radius 3 is 2.67 bits per heavy atom. The van der Waals surface area contributed by atoms with Gasteiger partial charge in [0, 0.05) is 28.7 Å². The summed E-state index contributed by atoms with van der Waals surface area (Å²) in [6.07, 6.45) is 1.81. The zero-order valence-electron chi connectivity index (χ0n) is 8.99. The van der Waals surface area contributed by atoms with E-state index in [1.807, 2.05) is 38.2 Å². The van der Waals surface area contributed by atoms with Gasteiger partial charge >= 0.3 is 0 Å². The molecule has 0 aliphatic heterocycles. The molecule has 0 aliphatic carbocycles. The molecule has 0 bridgehead atoms. The van der Waals surface area contributed by atoms with Gasteiger partial charge in [-0.2, -0.15) is 0 Å². The van der Waals surface area contributed by atoms with Crippen molar-refractivity contribution in [2.24, 2.45) is 11.7 Å². The van der Waals surface area contributed by atoms with Crippen LogP contribution in [0.3, 0.4) is 0 Å². The minimum absolute atomic E-state index is 0.121. The van der Waals surface area contributed by atoms with Crippen molar-refractivity contribution in [1.82, 2.24) is 4.98 Å². The van der Waals surface area contributed by atoms with Gasteiger partial charge in [0.05, 0.1) is 0 Å². The van der Waals surface area contributed by atoms with E-state index in [1.165, 1.54) is 0 Å². The lowest BCUT2D eigenvalue weighted by atomic mass is 9.95. The molecule has 0 saturated carbocycles. The number of aromatic nitrogens is 1. The molecule has 15 heavy (non-hydrogen) atoms. The number of aromatic amines is 1. The summed E-state index contributed by atoms with van der Waals surface area (Å²) in [4.78, 5) is 3.05. The van der Waals surface area contributed by atoms with Gasteiger partial charge < -0.3 is 15.8 Å². The van der Waals surface area contributed by atoms with E-state index in [0.29, 0.717) is 11.7 Å². The van der Waals surface area contributed by atoms with Crippen molar-refractivity contribution in [3.8, 4) is 5.75 Å². The highest BCUT2D eigenvalue weighted by Gasteiger charge is 2.16. The minimum atomic E-state index is -0.121. The summed E-state index contributed by atoms with van der Waals surface area (Å²) in [6.45, 7) is 4.09. The molecule has 1 aromatic heterocycles. The molecule has 0 unspecified atom stereocenters. The van der Waals surface area contributed by atoms with Gasteiger partial charge in [-0.25, -0.2) is 0 Å². The van der Waals surface area contributed by atoms with Gasteiger partial charge in [-0.3, -0.25) is 0 Å². The number of rotatable bonds is 2. The van der Waals surface area contributed by atoms with Crippen molar-refractivity contribution in [2.75, 3.05) is 0 Å². The van der Waals surface area contributed by atoms with Crippen LogP contribution in [0, 0.1) is 5.92 Å². The molecule has 1 atom stereocenters. The van der Waals surface area contributed by atoms with Gasteiger partial charge in [-0.1, -0.05) is 19.9 Å². The van der Waals surface area contributed by atoms with Gasteiger partial charge in [0.15, 0.2) is 0 Å². The monoisotopic (exact) mass is 204 g/mol. The summed E-state index contributed by atoms with van der Waals surface area (Å²) in [5.74, 6) is 0.613. The van der Waals surface area contributed by atoms with Crippen LogP contribution in [0.1, 0.15) is 25.5 Å². The molecule has 1 aromatic carbocycles. The molecule has 0 fully saturated rings. The third kappa shape index (κ3) is 1.59. The molecule has 0 spiro atoms. The molecule has 4 N–H and O–H groups in total. The molecular formula is C12H16N2O. The average molecular weight is 204 g/mol.